The van der Waals surface area contributed by atoms with Crippen molar-refractivity contribution in [3.05, 3.63) is 76.9 Å². The number of hydrogen-bond donors (Lipinski definition) is 1. The summed E-state index contributed by atoms with van der Waals surface area (Å²) in [5.41, 5.74) is 1.85. The number of nitrogens with one attached hydrogen (secondary N) is 1. The zero-order chi connectivity index (χ0) is 22.6. The van der Waals surface area contributed by atoms with E-state index in [9.17, 15) is 18.5 Å². The van der Waals surface area contributed by atoms with Crippen LogP contribution in [0.2, 0.25) is 0 Å². The number of sulfonamides is 1. The minimum absolute atomic E-state index is 0.0919. The molecule has 0 fully saturated rings. The van der Waals surface area contributed by atoms with E-state index < -0.39 is 14.9 Å². The van der Waals surface area contributed by atoms with Gasteiger partial charge in [-0.1, -0.05) is 26.0 Å². The number of hydrogen-bond acceptors (Lipinski definition) is 6. The molecule has 9 nitrogen and oxygen atoms in total. The lowest BCUT2D eigenvalue weighted by molar-refractivity contribution is -0.384. The van der Waals surface area contributed by atoms with Crippen LogP contribution in [0.5, 0.6) is 0 Å². The van der Waals surface area contributed by atoms with Crippen LogP contribution in [-0.4, -0.2) is 40.3 Å². The van der Waals surface area contributed by atoms with Crippen LogP contribution < -0.4 is 5.32 Å². The van der Waals surface area contributed by atoms with Gasteiger partial charge in [0.1, 0.15) is 5.69 Å². The van der Waals surface area contributed by atoms with Crippen molar-refractivity contribution in [3.8, 4) is 5.69 Å². The van der Waals surface area contributed by atoms with Crippen molar-refractivity contribution in [2.24, 2.45) is 0 Å². The second-order valence-corrected chi connectivity index (χ2v) is 8.89. The molecule has 31 heavy (non-hydrogen) atoms. The highest BCUT2D eigenvalue weighted by Gasteiger charge is 2.26. The second kappa shape index (κ2) is 9.27. The summed E-state index contributed by atoms with van der Waals surface area (Å²) in [5, 5.41) is 14.8. The molecule has 1 aromatic heterocycles. The van der Waals surface area contributed by atoms with Gasteiger partial charge in [0.15, 0.2) is 0 Å². The Morgan fingerprint density at radius 1 is 1.16 bits per heavy atom. The number of imidazole rings is 1. The van der Waals surface area contributed by atoms with Gasteiger partial charge in [-0.05, 0) is 36.8 Å². The summed E-state index contributed by atoms with van der Waals surface area (Å²) < 4.78 is 28.6. The van der Waals surface area contributed by atoms with E-state index in [1.165, 1.54) is 16.4 Å². The van der Waals surface area contributed by atoms with Crippen molar-refractivity contribution >= 4 is 21.4 Å². The van der Waals surface area contributed by atoms with E-state index in [0.29, 0.717) is 13.1 Å². The highest BCUT2D eigenvalue weighted by atomic mass is 32.2. The maximum absolute atomic E-state index is 12.7. The number of anilines is 1. The predicted octanol–water partition coefficient (Wildman–Crippen LogP) is 3.98. The lowest BCUT2D eigenvalue weighted by Crippen LogP contribution is -2.30. The molecule has 0 saturated carbocycles. The number of nitro benzene ring substituents is 1. The average Bonchev–Trinajstić information content (AvgIpc) is 3.29. The summed E-state index contributed by atoms with van der Waals surface area (Å²) in [6, 6.07) is 11.5. The Bertz CT molecular complexity index is 1140. The Hall–Kier alpha value is -3.24. The van der Waals surface area contributed by atoms with E-state index in [-0.39, 0.29) is 22.3 Å². The SMILES string of the molecule is CCN(CC)S(=O)(=O)c1ccc(N[C@@H](C)c2ccc(-n3ccnc3)cc2)c([N+](=O)[O-])c1. The van der Waals surface area contributed by atoms with Crippen LogP contribution in [0, 0.1) is 10.1 Å². The maximum Gasteiger partial charge on any atom is 0.293 e. The molecule has 3 rings (SSSR count). The molecular formula is C21H25N5O4S. The molecule has 3 aromatic rings. The molecule has 1 N–H and O–H groups in total. The van der Waals surface area contributed by atoms with Crippen LogP contribution in [-0.2, 0) is 10.0 Å². The first-order valence-electron chi connectivity index (χ1n) is 9.91. The molecule has 0 bridgehead atoms. The van der Waals surface area contributed by atoms with Crippen molar-refractivity contribution in [1.82, 2.24) is 13.9 Å². The molecule has 0 spiro atoms. The quantitative estimate of drug-likeness (QED) is 0.396. The highest BCUT2D eigenvalue weighted by molar-refractivity contribution is 7.89. The van der Waals surface area contributed by atoms with Gasteiger partial charge in [0, 0.05) is 43.3 Å². The van der Waals surface area contributed by atoms with E-state index in [1.54, 1.807) is 26.4 Å². The summed E-state index contributed by atoms with van der Waals surface area (Å²) in [7, 11) is -3.79. The fourth-order valence-electron chi connectivity index (χ4n) is 3.32. The number of nitrogens with zero attached hydrogens (tertiary/aromatic N) is 4. The van der Waals surface area contributed by atoms with Crippen molar-refractivity contribution in [3.63, 3.8) is 0 Å². The van der Waals surface area contributed by atoms with Gasteiger partial charge in [-0.2, -0.15) is 4.31 Å². The maximum atomic E-state index is 12.7. The third-order valence-electron chi connectivity index (χ3n) is 5.08. The van der Waals surface area contributed by atoms with Crippen molar-refractivity contribution < 1.29 is 13.3 Å². The third kappa shape index (κ3) is 4.75. The van der Waals surface area contributed by atoms with Gasteiger partial charge in [-0.15, -0.1) is 0 Å². The average molecular weight is 444 g/mol. The molecule has 0 unspecified atom stereocenters. The summed E-state index contributed by atoms with van der Waals surface area (Å²) in [4.78, 5) is 15.0. The molecule has 10 heteroatoms. The number of benzene rings is 2. The van der Waals surface area contributed by atoms with Gasteiger partial charge in [0.25, 0.3) is 5.69 Å². The molecule has 0 saturated heterocycles. The highest BCUT2D eigenvalue weighted by Crippen LogP contribution is 2.31. The van der Waals surface area contributed by atoms with E-state index >= 15 is 0 Å². The van der Waals surface area contributed by atoms with E-state index in [2.05, 4.69) is 10.3 Å². The second-order valence-electron chi connectivity index (χ2n) is 6.95. The van der Waals surface area contributed by atoms with Crippen molar-refractivity contribution in [1.29, 1.82) is 0 Å². The van der Waals surface area contributed by atoms with Crippen LogP contribution >= 0.6 is 0 Å². The first-order chi connectivity index (χ1) is 14.8. The summed E-state index contributed by atoms with van der Waals surface area (Å²) in [5.74, 6) is 0. The molecule has 1 atom stereocenters. The fraction of sp³-hybridized carbons (Fsp3) is 0.286. The molecule has 1 heterocycles. The van der Waals surface area contributed by atoms with Crippen LogP contribution in [0.25, 0.3) is 5.69 Å². The molecule has 0 aliphatic rings. The normalized spacial score (nSPS) is 12.6. The van der Waals surface area contributed by atoms with Gasteiger partial charge in [0.05, 0.1) is 16.1 Å². The zero-order valence-electron chi connectivity index (χ0n) is 17.6. The number of rotatable bonds is 9. The predicted molar refractivity (Wildman–Crippen MR) is 119 cm³/mol. The number of nitro groups is 1. The monoisotopic (exact) mass is 443 g/mol. The first-order valence-corrected chi connectivity index (χ1v) is 11.3. The van der Waals surface area contributed by atoms with Crippen molar-refractivity contribution in [2.45, 2.75) is 31.7 Å². The Kier molecular flexibility index (Phi) is 6.71. The van der Waals surface area contributed by atoms with Gasteiger partial charge < -0.3 is 9.88 Å². The Balaban J connectivity index is 1.86. The summed E-state index contributed by atoms with van der Waals surface area (Å²) >= 11 is 0. The van der Waals surface area contributed by atoms with Gasteiger partial charge in [0.2, 0.25) is 10.0 Å². The smallest absolute Gasteiger partial charge is 0.293 e. The summed E-state index contributed by atoms with van der Waals surface area (Å²) in [6.45, 7) is 5.92. The Labute approximate surface area is 181 Å². The molecule has 0 radical (unpaired) electrons. The van der Waals surface area contributed by atoms with Crippen LogP contribution in [0.4, 0.5) is 11.4 Å². The van der Waals surface area contributed by atoms with E-state index in [0.717, 1.165) is 17.3 Å². The minimum Gasteiger partial charge on any atom is -0.373 e. The van der Waals surface area contributed by atoms with Crippen LogP contribution in [0.1, 0.15) is 32.4 Å². The molecule has 2 aromatic carbocycles. The van der Waals surface area contributed by atoms with Gasteiger partial charge in [-0.3, -0.25) is 10.1 Å². The molecule has 164 valence electrons. The minimum atomic E-state index is -3.79. The van der Waals surface area contributed by atoms with Crippen LogP contribution in [0.3, 0.4) is 0 Å². The molecule has 0 aliphatic heterocycles. The number of aromatic nitrogens is 2. The van der Waals surface area contributed by atoms with Crippen LogP contribution in [0.15, 0.2) is 66.1 Å². The molecule has 0 aliphatic carbocycles. The standard InChI is InChI=1S/C21H25N5O4S/c1-4-25(5-2)31(29,30)19-10-11-20(21(14-19)26(27)28)23-16(3)17-6-8-18(9-7-17)24-13-12-22-15-24/h6-16,23H,4-5H2,1-3H3/t16-/m0/s1. The molecule has 0 amide bonds. The lowest BCUT2D eigenvalue weighted by atomic mass is 10.1. The molecular weight excluding hydrogens is 418 g/mol. The third-order valence-corrected chi connectivity index (χ3v) is 7.12. The van der Waals surface area contributed by atoms with Gasteiger partial charge in [-0.25, -0.2) is 13.4 Å². The fourth-order valence-corrected chi connectivity index (χ4v) is 4.80. The topological polar surface area (TPSA) is 110 Å². The first kappa shape index (κ1) is 22.4. The Morgan fingerprint density at radius 2 is 1.84 bits per heavy atom. The van der Waals surface area contributed by atoms with Gasteiger partial charge >= 0.3 is 0 Å². The lowest BCUT2D eigenvalue weighted by Gasteiger charge is -2.20. The van der Waals surface area contributed by atoms with Crippen molar-refractivity contribution in [2.75, 3.05) is 18.4 Å². The van der Waals surface area contributed by atoms with E-state index in [4.69, 9.17) is 0 Å². The summed E-state index contributed by atoms with van der Waals surface area (Å²) in [6.07, 6.45) is 5.24. The Morgan fingerprint density at radius 3 is 2.39 bits per heavy atom. The largest absolute Gasteiger partial charge is 0.373 e. The van der Waals surface area contributed by atoms with E-state index in [1.807, 2.05) is 42.0 Å². The zero-order valence-corrected chi connectivity index (χ0v) is 18.4.